The number of aliphatic carboxylic acids is 1. The summed E-state index contributed by atoms with van der Waals surface area (Å²) in [4.78, 5) is 23.3. The lowest BCUT2D eigenvalue weighted by Gasteiger charge is -2.28. The average molecular weight is 300 g/mol. The monoisotopic (exact) mass is 300 g/mol. The number of nitrogens with one attached hydrogen (secondary N) is 2. The van der Waals surface area contributed by atoms with Gasteiger partial charge in [0.15, 0.2) is 0 Å². The van der Waals surface area contributed by atoms with E-state index in [-0.39, 0.29) is 12.6 Å². The predicted octanol–water partition coefficient (Wildman–Crippen LogP) is 1.87. The summed E-state index contributed by atoms with van der Waals surface area (Å²) in [6.45, 7) is 3.72. The fourth-order valence-corrected chi connectivity index (χ4v) is 2.80. The summed E-state index contributed by atoms with van der Waals surface area (Å²) in [5.41, 5.74) is -0.917. The smallest absolute Gasteiger partial charge is 0.315 e. The first-order valence-electron chi connectivity index (χ1n) is 7.91. The van der Waals surface area contributed by atoms with Crippen LogP contribution in [0.4, 0.5) is 4.79 Å². The van der Waals surface area contributed by atoms with Gasteiger partial charge in [-0.25, -0.2) is 4.79 Å². The molecule has 0 heterocycles. The number of amides is 2. The highest BCUT2D eigenvalue weighted by atomic mass is 16.4. The molecule has 1 aliphatic carbocycles. The van der Waals surface area contributed by atoms with Gasteiger partial charge in [-0.05, 0) is 25.7 Å². The van der Waals surface area contributed by atoms with Crippen LogP contribution in [-0.2, 0) is 4.79 Å². The third kappa shape index (κ3) is 4.88. The van der Waals surface area contributed by atoms with E-state index in [0.29, 0.717) is 19.3 Å². The molecule has 6 heteroatoms. The topological polar surface area (TPSA) is 98.7 Å². The predicted molar refractivity (Wildman–Crippen MR) is 80.1 cm³/mol. The first-order chi connectivity index (χ1) is 9.95. The summed E-state index contributed by atoms with van der Waals surface area (Å²) in [7, 11) is 0. The van der Waals surface area contributed by atoms with Gasteiger partial charge in [0.25, 0.3) is 0 Å². The summed E-state index contributed by atoms with van der Waals surface area (Å²) in [6, 6.07) is -0.636. The molecule has 4 N–H and O–H groups in total. The van der Waals surface area contributed by atoms with E-state index in [0.717, 1.165) is 25.7 Å². The molecule has 6 nitrogen and oxygen atoms in total. The summed E-state index contributed by atoms with van der Waals surface area (Å²) in [5.74, 6) is -0.887. The van der Waals surface area contributed by atoms with E-state index in [9.17, 15) is 19.8 Å². The lowest BCUT2D eigenvalue weighted by Crippen LogP contribution is -2.50. The Morgan fingerprint density at radius 2 is 1.76 bits per heavy atom. The van der Waals surface area contributed by atoms with E-state index in [1.165, 1.54) is 0 Å². The molecule has 1 saturated carbocycles. The molecule has 2 amide bonds. The molecule has 0 radical (unpaired) electrons. The minimum atomic E-state index is -0.917. The zero-order valence-corrected chi connectivity index (χ0v) is 13.0. The summed E-state index contributed by atoms with van der Waals surface area (Å²) >= 11 is 0. The van der Waals surface area contributed by atoms with E-state index in [1.807, 2.05) is 13.8 Å². The van der Waals surface area contributed by atoms with Crippen molar-refractivity contribution in [3.8, 4) is 0 Å². The molecule has 2 atom stereocenters. The van der Waals surface area contributed by atoms with Crippen LogP contribution in [0, 0.1) is 5.41 Å². The number of aliphatic hydroxyl groups is 1. The number of urea groups is 1. The highest BCUT2D eigenvalue weighted by Gasteiger charge is 2.35. The number of rotatable bonds is 6. The Morgan fingerprint density at radius 1 is 1.14 bits per heavy atom. The minimum Gasteiger partial charge on any atom is -0.481 e. The maximum Gasteiger partial charge on any atom is 0.315 e. The molecule has 0 aromatic rings. The van der Waals surface area contributed by atoms with E-state index in [4.69, 9.17) is 0 Å². The van der Waals surface area contributed by atoms with Crippen molar-refractivity contribution >= 4 is 12.0 Å². The number of carbonyl (C=O) groups is 2. The Balaban J connectivity index is 2.51. The quantitative estimate of drug-likeness (QED) is 0.563. The maximum atomic E-state index is 11.9. The Morgan fingerprint density at radius 3 is 2.33 bits per heavy atom. The van der Waals surface area contributed by atoms with Gasteiger partial charge in [0.2, 0.25) is 0 Å². The summed E-state index contributed by atoms with van der Waals surface area (Å²) < 4.78 is 0. The van der Waals surface area contributed by atoms with Gasteiger partial charge in [-0.1, -0.05) is 33.1 Å². The number of carbonyl (C=O) groups excluding carboxylic acids is 1. The molecule has 0 aromatic heterocycles. The van der Waals surface area contributed by atoms with Gasteiger partial charge in [0, 0.05) is 6.54 Å². The van der Waals surface area contributed by atoms with Crippen LogP contribution in [0.25, 0.3) is 0 Å². The van der Waals surface area contributed by atoms with Crippen LogP contribution in [0.15, 0.2) is 0 Å². The van der Waals surface area contributed by atoms with E-state index < -0.39 is 23.5 Å². The van der Waals surface area contributed by atoms with E-state index >= 15 is 0 Å². The van der Waals surface area contributed by atoms with Crippen LogP contribution in [0.5, 0.6) is 0 Å². The molecule has 0 saturated heterocycles. The van der Waals surface area contributed by atoms with Crippen LogP contribution in [0.1, 0.15) is 58.8 Å². The average Bonchev–Trinajstić information content (AvgIpc) is 2.65. The SMILES string of the molecule is CCC(CC)(CNC(=O)NC1CCCCCC1O)C(=O)O. The lowest BCUT2D eigenvalue weighted by molar-refractivity contribution is -0.149. The first-order valence-corrected chi connectivity index (χ1v) is 7.91. The minimum absolute atomic E-state index is 0.101. The van der Waals surface area contributed by atoms with Crippen LogP contribution in [-0.4, -0.2) is 40.9 Å². The summed E-state index contributed by atoms with van der Waals surface area (Å²) in [6.07, 6.45) is 4.93. The molecule has 122 valence electrons. The van der Waals surface area contributed by atoms with Crippen molar-refractivity contribution in [2.45, 2.75) is 70.9 Å². The van der Waals surface area contributed by atoms with Crippen LogP contribution in [0.2, 0.25) is 0 Å². The first kappa shape index (κ1) is 17.8. The largest absolute Gasteiger partial charge is 0.481 e. The Bertz CT molecular complexity index is 356. The molecular formula is C15H28N2O4. The van der Waals surface area contributed by atoms with Crippen molar-refractivity contribution in [2.24, 2.45) is 5.41 Å². The zero-order valence-electron chi connectivity index (χ0n) is 13.0. The van der Waals surface area contributed by atoms with Gasteiger partial charge < -0.3 is 20.8 Å². The molecule has 0 bridgehead atoms. The number of hydrogen-bond donors (Lipinski definition) is 4. The zero-order chi connectivity index (χ0) is 15.9. The normalized spacial score (nSPS) is 23.2. The van der Waals surface area contributed by atoms with Gasteiger partial charge >= 0.3 is 12.0 Å². The molecule has 0 aromatic carbocycles. The van der Waals surface area contributed by atoms with Gasteiger partial charge in [-0.2, -0.15) is 0 Å². The second-order valence-corrected chi connectivity index (χ2v) is 5.93. The van der Waals surface area contributed by atoms with Crippen molar-refractivity contribution in [3.63, 3.8) is 0 Å². The molecule has 2 unspecified atom stereocenters. The number of aliphatic hydroxyl groups excluding tert-OH is 1. The molecular weight excluding hydrogens is 272 g/mol. The number of hydrogen-bond acceptors (Lipinski definition) is 3. The molecule has 21 heavy (non-hydrogen) atoms. The molecule has 1 rings (SSSR count). The van der Waals surface area contributed by atoms with Crippen molar-refractivity contribution in [3.05, 3.63) is 0 Å². The molecule has 0 aliphatic heterocycles. The van der Waals surface area contributed by atoms with Crippen molar-refractivity contribution in [1.29, 1.82) is 0 Å². The fourth-order valence-electron chi connectivity index (χ4n) is 2.80. The van der Waals surface area contributed by atoms with Gasteiger partial charge in [-0.15, -0.1) is 0 Å². The standard InChI is InChI=1S/C15H28N2O4/c1-3-15(4-2,13(19)20)10-16-14(21)17-11-8-6-5-7-9-12(11)18/h11-12,18H,3-10H2,1-2H3,(H,19,20)(H2,16,17,21). The Kier molecular flexibility index (Phi) is 6.95. The highest BCUT2D eigenvalue weighted by Crippen LogP contribution is 2.25. The Hall–Kier alpha value is -1.30. The summed E-state index contributed by atoms with van der Waals surface area (Å²) in [5, 5.41) is 24.7. The van der Waals surface area contributed by atoms with Crippen LogP contribution < -0.4 is 10.6 Å². The number of carboxylic acids is 1. The highest BCUT2D eigenvalue weighted by molar-refractivity contribution is 5.78. The third-order valence-corrected chi connectivity index (χ3v) is 4.69. The molecule has 1 fully saturated rings. The van der Waals surface area contributed by atoms with Crippen molar-refractivity contribution < 1.29 is 19.8 Å². The second kappa shape index (κ2) is 8.22. The lowest BCUT2D eigenvalue weighted by atomic mass is 9.82. The van der Waals surface area contributed by atoms with Crippen LogP contribution >= 0.6 is 0 Å². The van der Waals surface area contributed by atoms with Crippen LogP contribution in [0.3, 0.4) is 0 Å². The second-order valence-electron chi connectivity index (χ2n) is 5.93. The van der Waals surface area contributed by atoms with Crippen molar-refractivity contribution in [2.75, 3.05) is 6.54 Å². The van der Waals surface area contributed by atoms with Gasteiger partial charge in [0.05, 0.1) is 17.6 Å². The third-order valence-electron chi connectivity index (χ3n) is 4.69. The van der Waals surface area contributed by atoms with E-state index in [1.54, 1.807) is 0 Å². The van der Waals surface area contributed by atoms with Gasteiger partial charge in [0.1, 0.15) is 0 Å². The fraction of sp³-hybridized carbons (Fsp3) is 0.867. The van der Waals surface area contributed by atoms with E-state index in [2.05, 4.69) is 10.6 Å². The van der Waals surface area contributed by atoms with Crippen molar-refractivity contribution in [1.82, 2.24) is 10.6 Å². The maximum absolute atomic E-state index is 11.9. The van der Waals surface area contributed by atoms with Gasteiger partial charge in [-0.3, -0.25) is 4.79 Å². The number of carboxylic acid groups (broad SMARTS) is 1. The Labute approximate surface area is 126 Å². The molecule has 0 spiro atoms. The molecule has 1 aliphatic rings.